The maximum atomic E-state index is 4.87. The SMILES string of the molecule is Cc1nc2cc(-n3c(C)nc4ccc(-c5ccncc5)nc43)ccc2[nH]1. The number of aryl methyl sites for hydroxylation is 2. The van der Waals surface area contributed by atoms with Gasteiger partial charge in [-0.25, -0.2) is 15.0 Å². The first kappa shape index (κ1) is 14.8. The van der Waals surface area contributed by atoms with Crippen molar-refractivity contribution < 1.29 is 0 Å². The van der Waals surface area contributed by atoms with Crippen molar-refractivity contribution in [2.75, 3.05) is 0 Å². The van der Waals surface area contributed by atoms with E-state index in [0.717, 1.165) is 50.8 Å². The molecule has 0 aliphatic carbocycles. The summed E-state index contributed by atoms with van der Waals surface area (Å²) in [6.45, 7) is 3.95. The molecular weight excluding hydrogens is 324 g/mol. The van der Waals surface area contributed by atoms with Crippen molar-refractivity contribution in [2.45, 2.75) is 13.8 Å². The Balaban J connectivity index is 1.74. The molecule has 26 heavy (non-hydrogen) atoms. The number of nitrogens with zero attached hydrogens (tertiary/aromatic N) is 5. The lowest BCUT2D eigenvalue weighted by Crippen LogP contribution is -1.98. The topological polar surface area (TPSA) is 72.3 Å². The summed E-state index contributed by atoms with van der Waals surface area (Å²) in [5.41, 5.74) is 6.61. The molecule has 126 valence electrons. The smallest absolute Gasteiger partial charge is 0.165 e. The third-order valence-electron chi connectivity index (χ3n) is 4.49. The van der Waals surface area contributed by atoms with Crippen LogP contribution >= 0.6 is 0 Å². The number of benzene rings is 1. The Bertz CT molecular complexity index is 1250. The molecule has 5 rings (SSSR count). The number of aromatic amines is 1. The number of aromatic nitrogens is 6. The minimum atomic E-state index is 0.836. The fourth-order valence-electron chi connectivity index (χ4n) is 3.32. The Kier molecular flexibility index (Phi) is 3.12. The van der Waals surface area contributed by atoms with Crippen molar-refractivity contribution in [1.82, 2.24) is 29.5 Å². The van der Waals surface area contributed by atoms with Crippen molar-refractivity contribution in [1.29, 1.82) is 0 Å². The molecule has 1 N–H and O–H groups in total. The largest absolute Gasteiger partial charge is 0.342 e. The average molecular weight is 340 g/mol. The van der Waals surface area contributed by atoms with Gasteiger partial charge in [-0.15, -0.1) is 0 Å². The van der Waals surface area contributed by atoms with E-state index in [1.54, 1.807) is 12.4 Å². The lowest BCUT2D eigenvalue weighted by Gasteiger charge is -2.07. The van der Waals surface area contributed by atoms with Crippen LogP contribution in [0.25, 0.3) is 39.1 Å². The molecule has 1 aromatic carbocycles. The van der Waals surface area contributed by atoms with E-state index < -0.39 is 0 Å². The second-order valence-electron chi connectivity index (χ2n) is 6.29. The summed E-state index contributed by atoms with van der Waals surface area (Å²) in [4.78, 5) is 21.4. The Morgan fingerprint density at radius 2 is 1.69 bits per heavy atom. The minimum Gasteiger partial charge on any atom is -0.342 e. The number of rotatable bonds is 2. The van der Waals surface area contributed by atoms with E-state index in [1.807, 2.05) is 44.2 Å². The lowest BCUT2D eigenvalue weighted by molar-refractivity contribution is 0.989. The second kappa shape index (κ2) is 5.49. The number of pyridine rings is 2. The van der Waals surface area contributed by atoms with Crippen LogP contribution in [-0.2, 0) is 0 Å². The van der Waals surface area contributed by atoms with E-state index >= 15 is 0 Å². The Morgan fingerprint density at radius 3 is 2.54 bits per heavy atom. The van der Waals surface area contributed by atoms with Gasteiger partial charge in [-0.3, -0.25) is 9.55 Å². The standard InChI is InChI=1S/C20H16N6/c1-12-22-17-4-3-15(11-19(17)23-12)26-13(2)24-18-6-5-16(25-20(18)26)14-7-9-21-10-8-14/h3-11H,1-2H3,(H,22,23). The molecule has 0 saturated heterocycles. The highest BCUT2D eigenvalue weighted by molar-refractivity contribution is 5.81. The quantitative estimate of drug-likeness (QED) is 0.528. The predicted octanol–water partition coefficient (Wildman–Crippen LogP) is 3.98. The molecule has 0 aliphatic heterocycles. The molecule has 0 saturated carbocycles. The number of hydrogen-bond acceptors (Lipinski definition) is 4. The summed E-state index contributed by atoms with van der Waals surface area (Å²) in [5.74, 6) is 1.80. The molecule has 6 heteroatoms. The molecule has 0 atom stereocenters. The Morgan fingerprint density at radius 1 is 0.846 bits per heavy atom. The molecule has 0 aliphatic rings. The summed E-state index contributed by atoms with van der Waals surface area (Å²) >= 11 is 0. The highest BCUT2D eigenvalue weighted by atomic mass is 15.1. The molecule has 4 heterocycles. The average Bonchev–Trinajstić information content (AvgIpc) is 3.19. The number of nitrogens with one attached hydrogen (secondary N) is 1. The van der Waals surface area contributed by atoms with Crippen molar-refractivity contribution in [3.63, 3.8) is 0 Å². The molecule has 5 aromatic rings. The lowest BCUT2D eigenvalue weighted by atomic mass is 10.2. The van der Waals surface area contributed by atoms with Gasteiger partial charge in [0.05, 0.1) is 22.4 Å². The third kappa shape index (κ3) is 2.27. The van der Waals surface area contributed by atoms with Gasteiger partial charge in [0.1, 0.15) is 17.2 Å². The van der Waals surface area contributed by atoms with Gasteiger partial charge in [-0.2, -0.15) is 0 Å². The van der Waals surface area contributed by atoms with E-state index in [2.05, 4.69) is 36.6 Å². The van der Waals surface area contributed by atoms with Crippen LogP contribution in [0, 0.1) is 13.8 Å². The number of imidazole rings is 2. The molecule has 0 bridgehead atoms. The van der Waals surface area contributed by atoms with Gasteiger partial charge >= 0.3 is 0 Å². The van der Waals surface area contributed by atoms with Gasteiger partial charge < -0.3 is 4.98 Å². The van der Waals surface area contributed by atoms with Crippen LogP contribution in [0.2, 0.25) is 0 Å². The Hall–Kier alpha value is -3.54. The second-order valence-corrected chi connectivity index (χ2v) is 6.29. The van der Waals surface area contributed by atoms with Crippen LogP contribution < -0.4 is 0 Å². The van der Waals surface area contributed by atoms with Crippen molar-refractivity contribution in [2.24, 2.45) is 0 Å². The first-order valence-electron chi connectivity index (χ1n) is 8.42. The van der Waals surface area contributed by atoms with Gasteiger partial charge in [-0.05, 0) is 56.3 Å². The maximum absolute atomic E-state index is 4.87. The fraction of sp³-hybridized carbons (Fsp3) is 0.100. The van der Waals surface area contributed by atoms with Gasteiger partial charge in [-0.1, -0.05) is 0 Å². The van der Waals surface area contributed by atoms with Gasteiger partial charge in [0.2, 0.25) is 0 Å². The highest BCUT2D eigenvalue weighted by Crippen LogP contribution is 2.25. The number of H-pyrrole nitrogens is 1. The van der Waals surface area contributed by atoms with Crippen molar-refractivity contribution in [3.05, 3.63) is 66.5 Å². The number of hydrogen-bond donors (Lipinski definition) is 1. The summed E-state index contributed by atoms with van der Waals surface area (Å²) in [7, 11) is 0. The van der Waals surface area contributed by atoms with Gasteiger partial charge in [0.25, 0.3) is 0 Å². The summed E-state index contributed by atoms with van der Waals surface area (Å²) in [6.07, 6.45) is 3.55. The minimum absolute atomic E-state index is 0.836. The van der Waals surface area contributed by atoms with Crippen LogP contribution in [-0.4, -0.2) is 29.5 Å². The zero-order valence-corrected chi connectivity index (χ0v) is 14.4. The first-order valence-corrected chi connectivity index (χ1v) is 8.42. The van der Waals surface area contributed by atoms with Crippen molar-refractivity contribution >= 4 is 22.2 Å². The van der Waals surface area contributed by atoms with Crippen LogP contribution in [0.3, 0.4) is 0 Å². The van der Waals surface area contributed by atoms with Crippen LogP contribution in [0.15, 0.2) is 54.9 Å². The zero-order valence-electron chi connectivity index (χ0n) is 14.4. The normalized spacial score (nSPS) is 11.5. The molecular formula is C20H16N6. The van der Waals surface area contributed by atoms with Crippen LogP contribution in [0.5, 0.6) is 0 Å². The molecule has 0 amide bonds. The van der Waals surface area contributed by atoms with E-state index in [4.69, 9.17) is 4.98 Å². The van der Waals surface area contributed by atoms with E-state index in [1.165, 1.54) is 0 Å². The van der Waals surface area contributed by atoms with Crippen LogP contribution in [0.1, 0.15) is 11.6 Å². The highest BCUT2D eigenvalue weighted by Gasteiger charge is 2.13. The third-order valence-corrected chi connectivity index (χ3v) is 4.49. The van der Waals surface area contributed by atoms with E-state index in [-0.39, 0.29) is 0 Å². The summed E-state index contributed by atoms with van der Waals surface area (Å²) in [5, 5.41) is 0. The molecule has 0 fully saturated rings. The molecule has 0 radical (unpaired) electrons. The summed E-state index contributed by atoms with van der Waals surface area (Å²) in [6, 6.07) is 14.1. The molecule has 0 unspecified atom stereocenters. The predicted molar refractivity (Wildman–Crippen MR) is 101 cm³/mol. The van der Waals surface area contributed by atoms with E-state index in [9.17, 15) is 0 Å². The molecule has 4 aromatic heterocycles. The summed E-state index contributed by atoms with van der Waals surface area (Å²) < 4.78 is 2.07. The van der Waals surface area contributed by atoms with Gasteiger partial charge in [0, 0.05) is 18.0 Å². The maximum Gasteiger partial charge on any atom is 0.165 e. The van der Waals surface area contributed by atoms with Crippen LogP contribution in [0.4, 0.5) is 0 Å². The molecule has 6 nitrogen and oxygen atoms in total. The Labute approximate surface area is 149 Å². The van der Waals surface area contributed by atoms with Gasteiger partial charge in [0.15, 0.2) is 5.65 Å². The fourth-order valence-corrected chi connectivity index (χ4v) is 3.32. The number of fused-ring (bicyclic) bond motifs is 2. The molecule has 0 spiro atoms. The van der Waals surface area contributed by atoms with Crippen molar-refractivity contribution in [3.8, 4) is 16.9 Å². The van der Waals surface area contributed by atoms with E-state index in [0.29, 0.717) is 0 Å². The monoisotopic (exact) mass is 340 g/mol. The first-order chi connectivity index (χ1) is 12.7. The zero-order chi connectivity index (χ0) is 17.7.